The zero-order valence-corrected chi connectivity index (χ0v) is 14.3. The highest BCUT2D eigenvalue weighted by atomic mass is 16.6. The molecule has 25 heavy (non-hydrogen) atoms. The Bertz CT molecular complexity index is 831. The molecule has 1 unspecified atom stereocenters. The van der Waals surface area contributed by atoms with Crippen molar-refractivity contribution in [1.82, 2.24) is 9.97 Å². The van der Waals surface area contributed by atoms with Crippen molar-refractivity contribution in [2.24, 2.45) is 0 Å². The van der Waals surface area contributed by atoms with Crippen molar-refractivity contribution in [3.8, 4) is 17.0 Å². The number of H-pyrrole nitrogens is 1. The van der Waals surface area contributed by atoms with Crippen molar-refractivity contribution in [1.29, 1.82) is 0 Å². The van der Waals surface area contributed by atoms with E-state index >= 15 is 0 Å². The molecule has 2 aliphatic rings. The van der Waals surface area contributed by atoms with E-state index in [1.165, 1.54) is 0 Å². The minimum atomic E-state index is -0.313. The van der Waals surface area contributed by atoms with Crippen LogP contribution in [0.1, 0.15) is 6.92 Å². The van der Waals surface area contributed by atoms with Gasteiger partial charge < -0.3 is 24.1 Å². The lowest BCUT2D eigenvalue weighted by Gasteiger charge is -2.53. The fraction of sp³-hybridized carbons (Fsp3) is 0.444. The van der Waals surface area contributed by atoms with Crippen LogP contribution in [0, 0.1) is 0 Å². The normalized spacial score (nSPS) is 21.8. The van der Waals surface area contributed by atoms with Crippen molar-refractivity contribution in [2.45, 2.75) is 18.6 Å². The molecule has 1 spiro atoms. The average Bonchev–Trinajstić information content (AvgIpc) is 2.61. The first-order valence-corrected chi connectivity index (χ1v) is 8.35. The lowest BCUT2D eigenvalue weighted by atomic mass is 9.90. The van der Waals surface area contributed by atoms with Gasteiger partial charge in [-0.15, -0.1) is 0 Å². The molecule has 1 atom stereocenters. The number of morpholine rings is 1. The Kier molecular flexibility index (Phi) is 3.97. The fourth-order valence-corrected chi connectivity index (χ4v) is 3.52. The van der Waals surface area contributed by atoms with Gasteiger partial charge >= 0.3 is 0 Å². The second-order valence-electron chi connectivity index (χ2n) is 6.44. The second kappa shape index (κ2) is 6.16. The van der Waals surface area contributed by atoms with E-state index in [4.69, 9.17) is 14.2 Å². The Balaban J connectivity index is 1.74. The Morgan fingerprint density at radius 3 is 3.00 bits per heavy atom. The van der Waals surface area contributed by atoms with E-state index in [9.17, 15) is 4.79 Å². The molecule has 0 aromatic carbocycles. The summed E-state index contributed by atoms with van der Waals surface area (Å²) in [5.74, 6) is 0.527. The third-order valence-corrected chi connectivity index (χ3v) is 5.11. The largest absolute Gasteiger partial charge is 0.481 e. The molecular weight excluding hydrogens is 322 g/mol. The fourth-order valence-electron chi connectivity index (χ4n) is 3.52. The standard InChI is InChI=1S/C18H21N3O4/c1-12-18(10-24-11-18)25-7-6-21(12)15-8-13(9-20-16(15)22)14-4-3-5-19-17(14)23-2/h3-5,8-9,12H,6-7,10-11H2,1-2H3,(H,20,22). The van der Waals surface area contributed by atoms with Gasteiger partial charge in [-0.3, -0.25) is 4.79 Å². The van der Waals surface area contributed by atoms with Gasteiger partial charge in [0.1, 0.15) is 11.3 Å². The zero-order valence-electron chi connectivity index (χ0n) is 14.3. The number of hydrogen-bond acceptors (Lipinski definition) is 6. The highest BCUT2D eigenvalue weighted by Crippen LogP contribution is 2.35. The van der Waals surface area contributed by atoms with Gasteiger partial charge in [-0.2, -0.15) is 0 Å². The van der Waals surface area contributed by atoms with Crippen LogP contribution in [-0.2, 0) is 9.47 Å². The van der Waals surface area contributed by atoms with E-state index < -0.39 is 0 Å². The topological polar surface area (TPSA) is 76.7 Å². The highest BCUT2D eigenvalue weighted by molar-refractivity contribution is 5.71. The van der Waals surface area contributed by atoms with E-state index in [0.29, 0.717) is 37.9 Å². The van der Waals surface area contributed by atoms with Crippen LogP contribution in [0.3, 0.4) is 0 Å². The molecule has 0 saturated carbocycles. The van der Waals surface area contributed by atoms with Crippen LogP contribution >= 0.6 is 0 Å². The zero-order chi connectivity index (χ0) is 17.4. The number of nitrogens with one attached hydrogen (secondary N) is 1. The quantitative estimate of drug-likeness (QED) is 0.909. The predicted octanol–water partition coefficient (Wildman–Crippen LogP) is 1.44. The number of methoxy groups -OCH3 is 1. The molecule has 4 rings (SSSR count). The molecule has 132 valence electrons. The molecule has 2 aliphatic heterocycles. The van der Waals surface area contributed by atoms with Crippen LogP contribution in [0.25, 0.3) is 11.1 Å². The summed E-state index contributed by atoms with van der Waals surface area (Å²) in [5.41, 5.74) is 1.90. The number of aromatic nitrogens is 2. The second-order valence-corrected chi connectivity index (χ2v) is 6.44. The molecule has 0 bridgehead atoms. The number of aromatic amines is 1. The molecule has 4 heterocycles. The SMILES string of the molecule is COc1ncccc1-c1c[nH]c(=O)c(N2CCOC3(COC3)C2C)c1. The molecule has 2 saturated heterocycles. The number of rotatable bonds is 3. The van der Waals surface area contributed by atoms with Crippen LogP contribution in [-0.4, -0.2) is 55.1 Å². The van der Waals surface area contributed by atoms with E-state index in [0.717, 1.165) is 11.1 Å². The summed E-state index contributed by atoms with van der Waals surface area (Å²) in [7, 11) is 1.59. The van der Waals surface area contributed by atoms with E-state index in [1.54, 1.807) is 19.5 Å². The number of ether oxygens (including phenoxy) is 3. The van der Waals surface area contributed by atoms with Crippen molar-refractivity contribution in [3.05, 3.63) is 40.9 Å². The van der Waals surface area contributed by atoms with Crippen LogP contribution in [0.4, 0.5) is 5.69 Å². The molecule has 7 heteroatoms. The Morgan fingerprint density at radius 1 is 1.44 bits per heavy atom. The van der Waals surface area contributed by atoms with Gasteiger partial charge in [0, 0.05) is 30.1 Å². The maximum Gasteiger partial charge on any atom is 0.271 e. The van der Waals surface area contributed by atoms with E-state index in [-0.39, 0.29) is 17.2 Å². The average molecular weight is 343 g/mol. The summed E-state index contributed by atoms with van der Waals surface area (Å²) in [6.07, 6.45) is 3.37. The van der Waals surface area contributed by atoms with Gasteiger partial charge in [0.2, 0.25) is 5.88 Å². The first-order chi connectivity index (χ1) is 12.1. The molecule has 7 nitrogen and oxygen atoms in total. The smallest absolute Gasteiger partial charge is 0.271 e. The summed E-state index contributed by atoms with van der Waals surface area (Å²) in [6, 6.07) is 5.73. The molecule has 0 radical (unpaired) electrons. The first kappa shape index (κ1) is 16.1. The molecule has 0 aliphatic carbocycles. The van der Waals surface area contributed by atoms with Crippen LogP contribution in [0.2, 0.25) is 0 Å². The summed E-state index contributed by atoms with van der Waals surface area (Å²) in [5, 5.41) is 0. The highest BCUT2D eigenvalue weighted by Gasteiger charge is 2.50. The number of pyridine rings is 2. The summed E-state index contributed by atoms with van der Waals surface area (Å²) >= 11 is 0. The molecule has 2 aromatic heterocycles. The van der Waals surface area contributed by atoms with Crippen molar-refractivity contribution < 1.29 is 14.2 Å². The van der Waals surface area contributed by atoms with Crippen LogP contribution < -0.4 is 15.2 Å². The lowest BCUT2D eigenvalue weighted by molar-refractivity contribution is -0.228. The molecule has 2 aromatic rings. The lowest BCUT2D eigenvalue weighted by Crippen LogP contribution is -2.68. The first-order valence-electron chi connectivity index (χ1n) is 8.35. The number of hydrogen-bond donors (Lipinski definition) is 1. The Morgan fingerprint density at radius 2 is 2.28 bits per heavy atom. The maximum absolute atomic E-state index is 12.5. The molecular formula is C18H21N3O4. The number of nitrogens with zero attached hydrogens (tertiary/aromatic N) is 2. The Labute approximate surface area is 145 Å². The minimum absolute atomic E-state index is 0.0575. The summed E-state index contributed by atoms with van der Waals surface area (Å²) in [6.45, 7) is 4.46. The minimum Gasteiger partial charge on any atom is -0.481 e. The third-order valence-electron chi connectivity index (χ3n) is 5.11. The predicted molar refractivity (Wildman–Crippen MR) is 93.2 cm³/mol. The maximum atomic E-state index is 12.5. The van der Waals surface area contributed by atoms with E-state index in [2.05, 4.69) is 21.8 Å². The van der Waals surface area contributed by atoms with Gasteiger partial charge in [-0.1, -0.05) is 0 Å². The van der Waals surface area contributed by atoms with Crippen molar-refractivity contribution in [3.63, 3.8) is 0 Å². The number of anilines is 1. The van der Waals surface area contributed by atoms with Gasteiger partial charge in [0.05, 0.1) is 33.0 Å². The monoisotopic (exact) mass is 343 g/mol. The van der Waals surface area contributed by atoms with Gasteiger partial charge in [0.15, 0.2) is 0 Å². The van der Waals surface area contributed by atoms with Gasteiger partial charge in [-0.05, 0) is 25.1 Å². The van der Waals surface area contributed by atoms with Crippen molar-refractivity contribution >= 4 is 5.69 Å². The van der Waals surface area contributed by atoms with Crippen molar-refractivity contribution in [2.75, 3.05) is 38.4 Å². The molecule has 1 N–H and O–H groups in total. The van der Waals surface area contributed by atoms with Crippen LogP contribution in [0.15, 0.2) is 35.4 Å². The molecule has 2 fully saturated rings. The van der Waals surface area contributed by atoms with Crippen LogP contribution in [0.5, 0.6) is 5.88 Å². The van der Waals surface area contributed by atoms with Gasteiger partial charge in [-0.25, -0.2) is 4.98 Å². The van der Waals surface area contributed by atoms with Gasteiger partial charge in [0.25, 0.3) is 5.56 Å². The molecule has 0 amide bonds. The Hall–Kier alpha value is -2.38. The summed E-state index contributed by atoms with van der Waals surface area (Å²) < 4.78 is 16.7. The summed E-state index contributed by atoms with van der Waals surface area (Å²) in [4.78, 5) is 21.7. The third kappa shape index (κ3) is 2.60. The van der Waals surface area contributed by atoms with E-state index in [1.807, 2.05) is 18.2 Å².